The molecule has 5 aromatic rings. The van der Waals surface area contributed by atoms with Crippen LogP contribution in [0.15, 0.2) is 48.8 Å². The molecule has 2 aromatic carbocycles. The zero-order valence-electron chi connectivity index (χ0n) is 29.7. The number of amides is 1. The topological polar surface area (TPSA) is 100 Å². The number of aryl methyl sites for hydroxylation is 1. The van der Waals surface area contributed by atoms with Crippen LogP contribution in [0.3, 0.4) is 0 Å². The minimum atomic E-state index is -0.968. The van der Waals surface area contributed by atoms with E-state index in [1.54, 1.807) is 43.1 Å². The number of pyridine rings is 1. The zero-order chi connectivity index (χ0) is 37.7. The molecule has 1 amide bonds. The normalized spacial score (nSPS) is 21.3. The van der Waals surface area contributed by atoms with Crippen LogP contribution in [0.2, 0.25) is 0 Å². The van der Waals surface area contributed by atoms with Crippen molar-refractivity contribution in [1.29, 1.82) is 0 Å². The van der Waals surface area contributed by atoms with E-state index < -0.39 is 29.2 Å². The van der Waals surface area contributed by atoms with Crippen molar-refractivity contribution in [2.45, 2.75) is 50.4 Å². The van der Waals surface area contributed by atoms with Gasteiger partial charge in [0.25, 0.3) is 0 Å². The Labute approximate surface area is 308 Å². The number of halogens is 4. The average Bonchev–Trinajstić information content (AvgIpc) is 3.89. The summed E-state index contributed by atoms with van der Waals surface area (Å²) in [6.45, 7) is 3.57. The van der Waals surface area contributed by atoms with Crippen LogP contribution < -0.4 is 9.64 Å². The third kappa shape index (κ3) is 6.26. The molecule has 3 aliphatic heterocycles. The summed E-state index contributed by atoms with van der Waals surface area (Å²) in [6.07, 6.45) is 12.4. The average molecular weight is 737 g/mol. The van der Waals surface area contributed by atoms with Crippen molar-refractivity contribution in [3.8, 4) is 29.6 Å². The van der Waals surface area contributed by atoms with Crippen LogP contribution in [0.4, 0.5) is 23.4 Å². The molecule has 0 spiro atoms. The van der Waals surface area contributed by atoms with Gasteiger partial charge in [-0.2, -0.15) is 9.97 Å². The number of likely N-dealkylation sites (tertiary alicyclic amines) is 1. The number of likely N-dealkylation sites (N-methyl/N-ethyl adjacent to an activating group) is 1. The Morgan fingerprint density at radius 3 is 2.78 bits per heavy atom. The Bertz CT molecular complexity index is 2390. The predicted octanol–water partition coefficient (Wildman–Crippen LogP) is 6.05. The van der Waals surface area contributed by atoms with Crippen molar-refractivity contribution < 1.29 is 27.1 Å². The summed E-state index contributed by atoms with van der Waals surface area (Å²) in [6, 6.07) is 7.62. The molecule has 0 aliphatic carbocycles. The summed E-state index contributed by atoms with van der Waals surface area (Å²) in [5, 5.41) is 1.25. The molecule has 3 atom stereocenters. The maximum Gasteiger partial charge on any atom is 0.319 e. The van der Waals surface area contributed by atoms with Gasteiger partial charge in [-0.1, -0.05) is 30.2 Å². The van der Waals surface area contributed by atoms with Gasteiger partial charge in [0.1, 0.15) is 47.1 Å². The van der Waals surface area contributed by atoms with Gasteiger partial charge in [-0.3, -0.25) is 14.7 Å². The molecule has 6 heterocycles. The van der Waals surface area contributed by atoms with Gasteiger partial charge in [-0.15, -0.1) is 6.42 Å². The molecule has 3 fully saturated rings. The Hall–Kier alpha value is -5.68. The summed E-state index contributed by atoms with van der Waals surface area (Å²) < 4.78 is 66.9. The summed E-state index contributed by atoms with van der Waals surface area (Å²) in [7, 11) is 1.79. The van der Waals surface area contributed by atoms with Crippen LogP contribution in [0.5, 0.6) is 6.01 Å². The number of aromatic nitrogens is 5. The number of rotatable bonds is 8. The molecule has 0 N–H and O–H groups in total. The lowest BCUT2D eigenvalue weighted by molar-refractivity contribution is -0.124. The van der Waals surface area contributed by atoms with Crippen LogP contribution >= 0.6 is 0 Å². The fourth-order valence-corrected chi connectivity index (χ4v) is 8.16. The van der Waals surface area contributed by atoms with Crippen LogP contribution in [0.25, 0.3) is 39.0 Å². The minimum Gasteiger partial charge on any atom is -0.461 e. The predicted molar refractivity (Wildman–Crippen MR) is 196 cm³/mol. The third-order valence-electron chi connectivity index (χ3n) is 10.9. The van der Waals surface area contributed by atoms with Crippen LogP contribution in [0.1, 0.15) is 42.8 Å². The van der Waals surface area contributed by atoms with Gasteiger partial charge < -0.3 is 14.5 Å². The molecule has 0 bridgehead atoms. The van der Waals surface area contributed by atoms with Crippen molar-refractivity contribution in [2.75, 3.05) is 44.7 Å². The number of benzene rings is 2. The lowest BCUT2D eigenvalue weighted by Gasteiger charge is -2.31. The van der Waals surface area contributed by atoms with Gasteiger partial charge in [0.2, 0.25) is 5.91 Å². The summed E-state index contributed by atoms with van der Waals surface area (Å²) in [5.74, 6) is 0.757. The molecule has 3 aromatic heterocycles. The molecule has 54 heavy (non-hydrogen) atoms. The SMILES string of the molecule is C#Cc1c(F)ccc2cccc(-c3ncc4c(N(C)[C@@H]5CCN(C(=O)/C=C/c6nc(C)ncc6F)C5)nc(OC[C@@]56CCCN5CC(F)C6)nc4c3F)c12. The first kappa shape index (κ1) is 35.4. The largest absolute Gasteiger partial charge is 0.461 e. The number of nitrogens with zero attached hydrogens (tertiary/aromatic N) is 8. The lowest BCUT2D eigenvalue weighted by Crippen LogP contribution is -2.43. The van der Waals surface area contributed by atoms with Crippen molar-refractivity contribution in [2.24, 2.45) is 0 Å². The monoisotopic (exact) mass is 736 g/mol. The summed E-state index contributed by atoms with van der Waals surface area (Å²) in [5.41, 5.74) is -0.351. The van der Waals surface area contributed by atoms with E-state index in [1.807, 2.05) is 4.90 Å². The molecule has 0 saturated carbocycles. The number of hydrogen-bond donors (Lipinski definition) is 0. The summed E-state index contributed by atoms with van der Waals surface area (Å²) in [4.78, 5) is 40.5. The van der Waals surface area contributed by atoms with Crippen LogP contribution in [0, 0.1) is 36.7 Å². The molecule has 276 valence electrons. The van der Waals surface area contributed by atoms with E-state index >= 15 is 4.39 Å². The highest BCUT2D eigenvalue weighted by atomic mass is 19.1. The van der Waals surface area contributed by atoms with E-state index in [0.29, 0.717) is 65.8 Å². The van der Waals surface area contributed by atoms with Crippen molar-refractivity contribution in [3.63, 3.8) is 0 Å². The van der Waals surface area contributed by atoms with Gasteiger partial charge in [-0.05, 0) is 50.3 Å². The smallest absolute Gasteiger partial charge is 0.319 e. The fraction of sp³-hybridized carbons (Fsp3) is 0.350. The number of anilines is 1. The standard InChI is InChI=1S/C40H36F4N8O2/c1-4-27-30(42)10-9-24-7-5-8-28(34(24)27)36-35(44)37-29(18-46-36)38(49-39(48-37)54-22-40-14-6-15-52(40)20-25(41)17-40)50(3)26-13-16-51(21-26)33(53)12-11-32-31(43)19-45-23(2)47-32/h1,5,7-12,18-19,25-26H,6,13-17,20-22H2,2-3H3/b12-11+/t25?,26-,40+/m1/s1. The van der Waals surface area contributed by atoms with Crippen molar-refractivity contribution >= 4 is 39.5 Å². The maximum absolute atomic E-state index is 16.9. The second-order valence-electron chi connectivity index (χ2n) is 14.2. The number of hydrogen-bond acceptors (Lipinski definition) is 9. The number of ether oxygens (including phenoxy) is 1. The van der Waals surface area contributed by atoms with Gasteiger partial charge in [-0.25, -0.2) is 27.5 Å². The molecular weight excluding hydrogens is 700 g/mol. The first-order valence-corrected chi connectivity index (χ1v) is 17.8. The number of fused-ring (bicyclic) bond motifs is 3. The van der Waals surface area contributed by atoms with Crippen molar-refractivity contribution in [3.05, 3.63) is 83.3 Å². The second-order valence-corrected chi connectivity index (χ2v) is 14.2. The highest BCUT2D eigenvalue weighted by Gasteiger charge is 2.49. The second kappa shape index (κ2) is 13.9. The molecule has 3 aliphatic rings. The van der Waals surface area contributed by atoms with Gasteiger partial charge in [0.15, 0.2) is 11.6 Å². The van der Waals surface area contributed by atoms with Crippen LogP contribution in [-0.4, -0.2) is 98.2 Å². The Balaban J connectivity index is 1.15. The summed E-state index contributed by atoms with van der Waals surface area (Å²) >= 11 is 0. The number of terminal acetylenes is 1. The van der Waals surface area contributed by atoms with E-state index in [-0.39, 0.29) is 47.0 Å². The highest BCUT2D eigenvalue weighted by Crippen LogP contribution is 2.41. The van der Waals surface area contributed by atoms with E-state index in [4.69, 9.17) is 16.1 Å². The third-order valence-corrected chi connectivity index (χ3v) is 10.9. The molecule has 0 radical (unpaired) electrons. The lowest BCUT2D eigenvalue weighted by atomic mass is 9.95. The fourth-order valence-electron chi connectivity index (χ4n) is 8.16. The number of carbonyl (C=O) groups is 1. The molecule has 1 unspecified atom stereocenters. The molecule has 14 heteroatoms. The molecule has 8 rings (SSSR count). The molecular formula is C40H36F4N8O2. The van der Waals surface area contributed by atoms with E-state index in [9.17, 15) is 18.0 Å². The minimum absolute atomic E-state index is 0.00731. The molecule has 10 nitrogen and oxygen atoms in total. The highest BCUT2D eigenvalue weighted by molar-refractivity contribution is 6.02. The Morgan fingerprint density at radius 1 is 1.09 bits per heavy atom. The number of alkyl halides is 1. The van der Waals surface area contributed by atoms with Crippen molar-refractivity contribution in [1.82, 2.24) is 34.7 Å². The zero-order valence-corrected chi connectivity index (χ0v) is 29.7. The Kier molecular flexibility index (Phi) is 9.13. The quantitative estimate of drug-likeness (QED) is 0.107. The van der Waals surface area contributed by atoms with Gasteiger partial charge in [0, 0.05) is 62.4 Å². The maximum atomic E-state index is 16.9. The van der Waals surface area contributed by atoms with Gasteiger partial charge >= 0.3 is 6.01 Å². The van der Waals surface area contributed by atoms with E-state index in [1.165, 1.54) is 24.4 Å². The van der Waals surface area contributed by atoms with Gasteiger partial charge in [0.05, 0.1) is 22.7 Å². The number of carbonyl (C=O) groups excluding carboxylic acids is 1. The van der Waals surface area contributed by atoms with E-state index in [2.05, 4.69) is 30.8 Å². The van der Waals surface area contributed by atoms with Crippen LogP contribution in [-0.2, 0) is 4.79 Å². The Morgan fingerprint density at radius 2 is 1.94 bits per heavy atom. The molecule has 3 saturated heterocycles. The van der Waals surface area contributed by atoms with E-state index in [0.717, 1.165) is 25.6 Å². The first-order valence-electron chi connectivity index (χ1n) is 17.8. The first-order chi connectivity index (χ1) is 26.0.